The fourth-order valence-electron chi connectivity index (χ4n) is 2.01. The molecule has 3 rings (SSSR count). The molecule has 0 spiro atoms. The molecular weight excluding hydrogens is 430 g/mol. The average molecular weight is 449 g/mol. The van der Waals surface area contributed by atoms with Crippen molar-refractivity contribution in [1.29, 1.82) is 0 Å². The van der Waals surface area contributed by atoms with Crippen molar-refractivity contribution in [2.75, 3.05) is 26.2 Å². The third kappa shape index (κ3) is 5.74. The van der Waals surface area contributed by atoms with Gasteiger partial charge in [-0.25, -0.2) is 4.98 Å². The zero-order chi connectivity index (χ0) is 16.8. The fraction of sp³-hybridized carbons (Fsp3) is 0.308. The van der Waals surface area contributed by atoms with Crippen LogP contribution in [-0.2, 0) is 0 Å². The standard InChI is InChI=1S/C13H17N9O2.BrH.ClH/c23-10(19-21-12-14-4-5-15-12)8-2-1-3-9(18-8)11(24)20-22-13-16-6-7-17-13;;/h1-3H,4-7H2,(H,19,23)(H,20,24)(H2,14,15,21)(H2,16,17,22);2*1H. The number of nitrogens with one attached hydrogen (secondary N) is 6. The van der Waals surface area contributed by atoms with Crippen LogP contribution in [0.2, 0.25) is 0 Å². The quantitative estimate of drug-likeness (QED) is 0.301. The minimum absolute atomic E-state index is 0. The van der Waals surface area contributed by atoms with Crippen molar-refractivity contribution in [3.8, 4) is 0 Å². The van der Waals surface area contributed by atoms with E-state index in [1.165, 1.54) is 12.1 Å². The molecule has 3 heterocycles. The number of hydrogen-bond acceptors (Lipinski definition) is 9. The molecule has 0 atom stereocenters. The topological polar surface area (TPSA) is 144 Å². The summed E-state index contributed by atoms with van der Waals surface area (Å²) in [6, 6.07) is 4.59. The maximum absolute atomic E-state index is 12.0. The summed E-state index contributed by atoms with van der Waals surface area (Å²) >= 11 is 0. The molecule has 0 unspecified atom stereocenters. The van der Waals surface area contributed by atoms with Gasteiger partial charge in [-0.2, -0.15) is 0 Å². The fourth-order valence-corrected chi connectivity index (χ4v) is 2.01. The first-order valence-corrected chi connectivity index (χ1v) is 7.39. The first-order chi connectivity index (χ1) is 11.7. The summed E-state index contributed by atoms with van der Waals surface area (Å²) in [6.45, 7) is 2.75. The second kappa shape index (κ2) is 10.4. The van der Waals surface area contributed by atoms with E-state index in [0.717, 1.165) is 13.1 Å². The molecule has 0 bridgehead atoms. The summed E-state index contributed by atoms with van der Waals surface area (Å²) in [7, 11) is 0. The summed E-state index contributed by atoms with van der Waals surface area (Å²) in [4.78, 5) is 36.3. The second-order valence-corrected chi connectivity index (χ2v) is 4.88. The minimum atomic E-state index is -0.476. The number of nitrogens with zero attached hydrogens (tertiary/aromatic N) is 3. The van der Waals surface area contributed by atoms with Crippen molar-refractivity contribution in [3.63, 3.8) is 0 Å². The van der Waals surface area contributed by atoms with Crippen molar-refractivity contribution in [1.82, 2.24) is 37.3 Å². The van der Waals surface area contributed by atoms with Gasteiger partial charge in [0.2, 0.25) is 11.9 Å². The van der Waals surface area contributed by atoms with Gasteiger partial charge in [0.05, 0.1) is 13.1 Å². The zero-order valence-electron chi connectivity index (χ0n) is 13.5. The predicted molar refractivity (Wildman–Crippen MR) is 104 cm³/mol. The van der Waals surface area contributed by atoms with Crippen molar-refractivity contribution in [2.45, 2.75) is 0 Å². The number of carbonyl (C=O) groups excluding carboxylic acids is 2. The highest BCUT2D eigenvalue weighted by Gasteiger charge is 2.14. The van der Waals surface area contributed by atoms with Gasteiger partial charge in [-0.05, 0) is 12.1 Å². The summed E-state index contributed by atoms with van der Waals surface area (Å²) in [6.07, 6.45) is 0. The number of rotatable bonds is 2. The van der Waals surface area contributed by atoms with E-state index in [-0.39, 0.29) is 40.8 Å². The van der Waals surface area contributed by atoms with Gasteiger partial charge >= 0.3 is 0 Å². The highest BCUT2D eigenvalue weighted by molar-refractivity contribution is 8.93. The van der Waals surface area contributed by atoms with Crippen molar-refractivity contribution in [3.05, 3.63) is 29.6 Å². The maximum atomic E-state index is 12.0. The molecule has 11 nitrogen and oxygen atoms in total. The molecule has 2 aliphatic heterocycles. The molecular formula is C13H19BrClN9O2. The Bertz CT molecular complexity index is 657. The van der Waals surface area contributed by atoms with Crippen LogP contribution in [0.1, 0.15) is 21.0 Å². The second-order valence-electron chi connectivity index (χ2n) is 4.88. The van der Waals surface area contributed by atoms with Gasteiger partial charge in [0, 0.05) is 13.1 Å². The number of aliphatic imine (C=N–C) groups is 2. The lowest BCUT2D eigenvalue weighted by atomic mass is 10.3. The third-order valence-corrected chi connectivity index (χ3v) is 3.15. The number of guanidine groups is 2. The first-order valence-electron chi connectivity index (χ1n) is 7.39. The first kappa shape index (κ1) is 21.4. The molecule has 0 saturated carbocycles. The van der Waals surface area contributed by atoms with E-state index in [1.54, 1.807) is 6.07 Å². The van der Waals surface area contributed by atoms with Crippen LogP contribution in [0.3, 0.4) is 0 Å². The number of pyridine rings is 1. The van der Waals surface area contributed by atoms with E-state index < -0.39 is 11.8 Å². The Morgan fingerprint density at radius 1 is 0.885 bits per heavy atom. The number of hydrogen-bond donors (Lipinski definition) is 6. The Morgan fingerprint density at radius 3 is 1.73 bits per heavy atom. The molecule has 0 saturated heterocycles. The number of carbonyl (C=O) groups is 2. The monoisotopic (exact) mass is 447 g/mol. The Hall–Kier alpha value is -2.60. The van der Waals surface area contributed by atoms with Gasteiger partial charge in [0.15, 0.2) is 0 Å². The number of halogens is 2. The third-order valence-electron chi connectivity index (χ3n) is 3.15. The van der Waals surface area contributed by atoms with Crippen molar-refractivity contribution in [2.24, 2.45) is 9.98 Å². The van der Waals surface area contributed by atoms with Crippen LogP contribution in [0.15, 0.2) is 28.2 Å². The molecule has 0 radical (unpaired) electrons. The van der Waals surface area contributed by atoms with Gasteiger partial charge in [-0.3, -0.25) is 41.3 Å². The predicted octanol–water partition coefficient (Wildman–Crippen LogP) is -1.53. The van der Waals surface area contributed by atoms with Crippen LogP contribution < -0.4 is 32.3 Å². The smallest absolute Gasteiger partial charge is 0.288 e. The van der Waals surface area contributed by atoms with Crippen LogP contribution in [-0.4, -0.2) is 54.9 Å². The number of amides is 2. The molecule has 6 N–H and O–H groups in total. The van der Waals surface area contributed by atoms with E-state index in [4.69, 9.17) is 0 Å². The Morgan fingerprint density at radius 2 is 1.35 bits per heavy atom. The van der Waals surface area contributed by atoms with E-state index in [9.17, 15) is 9.59 Å². The van der Waals surface area contributed by atoms with Crippen molar-refractivity contribution < 1.29 is 9.59 Å². The lowest BCUT2D eigenvalue weighted by Crippen LogP contribution is -2.47. The summed E-state index contributed by atoms with van der Waals surface area (Å²) in [5, 5.41) is 5.90. The summed E-state index contributed by atoms with van der Waals surface area (Å²) in [5.74, 6) is 0.0317. The Labute approximate surface area is 166 Å². The van der Waals surface area contributed by atoms with Crippen LogP contribution >= 0.6 is 29.4 Å². The van der Waals surface area contributed by atoms with Gasteiger partial charge in [0.1, 0.15) is 11.4 Å². The SMILES string of the molecule is Br.Cl.O=C(NNC1=NCCN1)c1cccc(C(=O)NNC2=NCCN2)n1. The molecule has 0 fully saturated rings. The van der Waals surface area contributed by atoms with E-state index >= 15 is 0 Å². The highest BCUT2D eigenvalue weighted by Crippen LogP contribution is 1.99. The Kier molecular flexibility index (Phi) is 8.58. The molecule has 1 aromatic heterocycles. The highest BCUT2D eigenvalue weighted by atomic mass is 79.9. The Balaban J connectivity index is 0.00000169. The van der Waals surface area contributed by atoms with Crippen LogP contribution in [0.25, 0.3) is 0 Å². The molecule has 0 aromatic carbocycles. The number of aromatic nitrogens is 1. The van der Waals surface area contributed by atoms with E-state index in [2.05, 4.69) is 47.3 Å². The van der Waals surface area contributed by atoms with Crippen LogP contribution in [0.4, 0.5) is 0 Å². The normalized spacial score (nSPS) is 14.3. The largest absolute Gasteiger partial charge is 0.353 e. The summed E-state index contributed by atoms with van der Waals surface area (Å²) in [5.41, 5.74) is 10.4. The number of hydrazine groups is 2. The van der Waals surface area contributed by atoms with Crippen LogP contribution in [0.5, 0.6) is 0 Å². The minimum Gasteiger partial charge on any atom is -0.353 e. The molecule has 26 heavy (non-hydrogen) atoms. The van der Waals surface area contributed by atoms with Crippen LogP contribution in [0, 0.1) is 0 Å². The van der Waals surface area contributed by atoms with Gasteiger partial charge in [-0.1, -0.05) is 6.07 Å². The average Bonchev–Trinajstić information content (AvgIpc) is 3.31. The molecule has 13 heteroatoms. The summed E-state index contributed by atoms with van der Waals surface area (Å²) < 4.78 is 0. The lowest BCUT2D eigenvalue weighted by Gasteiger charge is -2.10. The van der Waals surface area contributed by atoms with Crippen molar-refractivity contribution >= 4 is 53.1 Å². The maximum Gasteiger partial charge on any atom is 0.288 e. The zero-order valence-corrected chi connectivity index (χ0v) is 16.1. The van der Waals surface area contributed by atoms with Gasteiger partial charge in [-0.15, -0.1) is 29.4 Å². The molecule has 2 amide bonds. The molecule has 2 aliphatic rings. The molecule has 1 aromatic rings. The lowest BCUT2D eigenvalue weighted by molar-refractivity contribution is 0.0933. The molecule has 0 aliphatic carbocycles. The molecule has 142 valence electrons. The van der Waals surface area contributed by atoms with Gasteiger partial charge < -0.3 is 10.6 Å². The van der Waals surface area contributed by atoms with Gasteiger partial charge in [0.25, 0.3) is 11.8 Å². The van der Waals surface area contributed by atoms with E-state index in [1.807, 2.05) is 0 Å². The van der Waals surface area contributed by atoms with E-state index in [0.29, 0.717) is 25.0 Å².